The Morgan fingerprint density at radius 2 is 1.70 bits per heavy atom. The number of nitrogens with one attached hydrogen (secondary N) is 2. The zero-order chi connectivity index (χ0) is 17.0. The van der Waals surface area contributed by atoms with Gasteiger partial charge in [-0.3, -0.25) is 9.52 Å². The van der Waals surface area contributed by atoms with Gasteiger partial charge in [-0.15, -0.1) is 0 Å². The van der Waals surface area contributed by atoms with Crippen LogP contribution < -0.4 is 10.0 Å². The molecule has 1 amide bonds. The molecule has 6 heteroatoms. The first-order valence-corrected chi connectivity index (χ1v) is 8.80. The highest BCUT2D eigenvalue weighted by Gasteiger charge is 2.14. The van der Waals surface area contributed by atoms with Gasteiger partial charge in [-0.05, 0) is 43.7 Å². The zero-order valence-electron chi connectivity index (χ0n) is 13.4. The number of carbonyl (C=O) groups excluding carboxylic acids is 1. The fourth-order valence-electron chi connectivity index (χ4n) is 1.99. The molecule has 0 aliphatic carbocycles. The molecule has 0 fully saturated rings. The van der Waals surface area contributed by atoms with E-state index in [-0.39, 0.29) is 10.8 Å². The molecule has 0 aliphatic rings. The summed E-state index contributed by atoms with van der Waals surface area (Å²) in [7, 11) is -3.66. The van der Waals surface area contributed by atoms with E-state index in [2.05, 4.69) is 10.0 Å². The normalized spacial score (nSPS) is 11.1. The van der Waals surface area contributed by atoms with Gasteiger partial charge in [0.2, 0.25) is 5.91 Å². The Morgan fingerprint density at radius 3 is 2.30 bits per heavy atom. The zero-order valence-corrected chi connectivity index (χ0v) is 14.2. The number of hydrogen-bond donors (Lipinski definition) is 2. The van der Waals surface area contributed by atoms with E-state index >= 15 is 0 Å². The summed E-state index contributed by atoms with van der Waals surface area (Å²) >= 11 is 0. The van der Waals surface area contributed by atoms with E-state index in [0.717, 1.165) is 11.1 Å². The topological polar surface area (TPSA) is 75.3 Å². The second-order valence-corrected chi connectivity index (χ2v) is 7.03. The third-order valence-electron chi connectivity index (χ3n) is 3.42. The van der Waals surface area contributed by atoms with Crippen LogP contribution in [0.2, 0.25) is 0 Å². The highest BCUT2D eigenvalue weighted by Crippen LogP contribution is 2.23. The average Bonchev–Trinajstić information content (AvgIpc) is 2.50. The van der Waals surface area contributed by atoms with Crippen LogP contribution in [0.4, 0.5) is 11.4 Å². The first-order valence-electron chi connectivity index (χ1n) is 7.32. The summed E-state index contributed by atoms with van der Waals surface area (Å²) in [5, 5.41) is 2.76. The molecule has 2 rings (SSSR count). The maximum atomic E-state index is 12.4. The van der Waals surface area contributed by atoms with Crippen LogP contribution in [-0.4, -0.2) is 14.3 Å². The molecule has 2 aromatic rings. The van der Waals surface area contributed by atoms with Crippen molar-refractivity contribution in [3.63, 3.8) is 0 Å². The predicted octanol–water partition coefficient (Wildman–Crippen LogP) is 3.45. The molecule has 5 nitrogen and oxygen atoms in total. The lowest BCUT2D eigenvalue weighted by Crippen LogP contribution is -2.14. The molecule has 0 bridgehead atoms. The van der Waals surface area contributed by atoms with Crippen LogP contribution >= 0.6 is 0 Å². The molecule has 0 saturated carbocycles. The summed E-state index contributed by atoms with van der Waals surface area (Å²) in [6, 6.07) is 11.7. The second-order valence-electron chi connectivity index (χ2n) is 5.35. The van der Waals surface area contributed by atoms with E-state index in [9.17, 15) is 13.2 Å². The molecule has 0 spiro atoms. The number of benzene rings is 2. The first-order chi connectivity index (χ1) is 10.8. The summed E-state index contributed by atoms with van der Waals surface area (Å²) in [4.78, 5) is 11.7. The highest BCUT2D eigenvalue weighted by atomic mass is 32.2. The summed E-state index contributed by atoms with van der Waals surface area (Å²) in [5.74, 6) is -0.119. The van der Waals surface area contributed by atoms with Gasteiger partial charge in [0.25, 0.3) is 10.0 Å². The minimum absolute atomic E-state index is 0.119. The predicted molar refractivity (Wildman–Crippen MR) is 92.1 cm³/mol. The van der Waals surface area contributed by atoms with Crippen molar-refractivity contribution >= 4 is 27.3 Å². The molecular weight excluding hydrogens is 312 g/mol. The summed E-state index contributed by atoms with van der Waals surface area (Å²) in [6.45, 7) is 5.50. The lowest BCUT2D eigenvalue weighted by atomic mass is 10.2. The quantitative estimate of drug-likeness (QED) is 0.880. The molecule has 23 heavy (non-hydrogen) atoms. The number of anilines is 2. The Kier molecular flexibility index (Phi) is 5.05. The van der Waals surface area contributed by atoms with Crippen molar-refractivity contribution in [2.75, 3.05) is 10.0 Å². The van der Waals surface area contributed by atoms with E-state index < -0.39 is 10.0 Å². The van der Waals surface area contributed by atoms with Gasteiger partial charge < -0.3 is 5.32 Å². The van der Waals surface area contributed by atoms with Crippen molar-refractivity contribution < 1.29 is 13.2 Å². The Bertz CT molecular complexity index is 812. The Morgan fingerprint density at radius 1 is 1.04 bits per heavy atom. The highest BCUT2D eigenvalue weighted by molar-refractivity contribution is 7.92. The maximum Gasteiger partial charge on any atom is 0.261 e. The number of amides is 1. The molecule has 0 aliphatic heterocycles. The Balaban J connectivity index is 2.27. The van der Waals surface area contributed by atoms with Gasteiger partial charge in [0.05, 0.1) is 10.6 Å². The number of sulfonamides is 1. The van der Waals surface area contributed by atoms with Crippen LogP contribution in [-0.2, 0) is 14.8 Å². The standard InChI is InChI=1S/C17H20N2O3S/c1-4-17(20)18-16-11-14(8-7-13(16)3)19-23(21,22)15-9-5-12(2)6-10-15/h5-11,19H,4H2,1-3H3,(H,18,20). The Labute approximate surface area is 136 Å². The van der Waals surface area contributed by atoms with Crippen molar-refractivity contribution in [2.24, 2.45) is 0 Å². The first kappa shape index (κ1) is 17.0. The summed E-state index contributed by atoms with van der Waals surface area (Å²) < 4.78 is 27.3. The summed E-state index contributed by atoms with van der Waals surface area (Å²) in [5.41, 5.74) is 2.86. The number of hydrogen-bond acceptors (Lipinski definition) is 3. The number of carbonyl (C=O) groups is 1. The van der Waals surface area contributed by atoms with Crippen molar-refractivity contribution in [2.45, 2.75) is 32.1 Å². The van der Waals surface area contributed by atoms with Gasteiger partial charge in [0, 0.05) is 12.1 Å². The minimum Gasteiger partial charge on any atom is -0.326 e. The van der Waals surface area contributed by atoms with Gasteiger partial charge >= 0.3 is 0 Å². The van der Waals surface area contributed by atoms with Gasteiger partial charge in [-0.25, -0.2) is 8.42 Å². The van der Waals surface area contributed by atoms with E-state index in [1.165, 1.54) is 0 Å². The lowest BCUT2D eigenvalue weighted by molar-refractivity contribution is -0.115. The SMILES string of the molecule is CCC(=O)Nc1cc(NS(=O)(=O)c2ccc(C)cc2)ccc1C. The van der Waals surface area contributed by atoms with Crippen LogP contribution in [0.5, 0.6) is 0 Å². The summed E-state index contributed by atoms with van der Waals surface area (Å²) in [6.07, 6.45) is 0.360. The van der Waals surface area contributed by atoms with Crippen LogP contribution in [0.25, 0.3) is 0 Å². The Hall–Kier alpha value is -2.34. The molecule has 2 N–H and O–H groups in total. The van der Waals surface area contributed by atoms with Crippen molar-refractivity contribution in [3.05, 3.63) is 53.6 Å². The largest absolute Gasteiger partial charge is 0.326 e. The third-order valence-corrected chi connectivity index (χ3v) is 4.81. The van der Waals surface area contributed by atoms with Crippen molar-refractivity contribution in [3.8, 4) is 0 Å². The van der Waals surface area contributed by atoms with Crippen LogP contribution in [0.1, 0.15) is 24.5 Å². The van der Waals surface area contributed by atoms with Gasteiger partial charge in [-0.1, -0.05) is 30.7 Å². The molecule has 2 aromatic carbocycles. The van der Waals surface area contributed by atoms with Gasteiger partial charge in [0.1, 0.15) is 0 Å². The van der Waals surface area contributed by atoms with E-state index in [0.29, 0.717) is 17.8 Å². The van der Waals surface area contributed by atoms with Crippen molar-refractivity contribution in [1.29, 1.82) is 0 Å². The molecular formula is C17H20N2O3S. The molecule has 0 atom stereocenters. The fraction of sp³-hybridized carbons (Fsp3) is 0.235. The molecule has 0 aromatic heterocycles. The smallest absolute Gasteiger partial charge is 0.261 e. The molecule has 0 heterocycles. The van der Waals surface area contributed by atoms with E-state index in [4.69, 9.17) is 0 Å². The number of rotatable bonds is 5. The number of aryl methyl sites for hydroxylation is 2. The second kappa shape index (κ2) is 6.83. The van der Waals surface area contributed by atoms with Crippen LogP contribution in [0, 0.1) is 13.8 Å². The maximum absolute atomic E-state index is 12.4. The van der Waals surface area contributed by atoms with E-state index in [1.54, 1.807) is 49.4 Å². The van der Waals surface area contributed by atoms with Crippen molar-refractivity contribution in [1.82, 2.24) is 0 Å². The third kappa shape index (κ3) is 4.32. The monoisotopic (exact) mass is 332 g/mol. The van der Waals surface area contributed by atoms with Crippen LogP contribution in [0.3, 0.4) is 0 Å². The van der Waals surface area contributed by atoms with Gasteiger partial charge in [-0.2, -0.15) is 0 Å². The minimum atomic E-state index is -3.66. The van der Waals surface area contributed by atoms with Crippen LogP contribution in [0.15, 0.2) is 47.4 Å². The lowest BCUT2D eigenvalue weighted by Gasteiger charge is -2.12. The molecule has 0 unspecified atom stereocenters. The molecule has 0 saturated heterocycles. The van der Waals surface area contributed by atoms with E-state index in [1.807, 2.05) is 13.8 Å². The fourth-order valence-corrected chi connectivity index (χ4v) is 3.04. The van der Waals surface area contributed by atoms with Gasteiger partial charge in [0.15, 0.2) is 0 Å². The molecule has 0 radical (unpaired) electrons. The molecule has 122 valence electrons. The average molecular weight is 332 g/mol.